The average Bonchev–Trinajstić information content (AvgIpc) is 2.66. The van der Waals surface area contributed by atoms with Gasteiger partial charge in [-0.3, -0.25) is 4.79 Å². The van der Waals surface area contributed by atoms with Gasteiger partial charge in [0.05, 0.1) is 21.3 Å². The Morgan fingerprint density at radius 2 is 1.77 bits per heavy atom. The summed E-state index contributed by atoms with van der Waals surface area (Å²) in [7, 11) is 6.86. The molecule has 2 aliphatic rings. The van der Waals surface area contributed by atoms with E-state index in [9.17, 15) is 4.79 Å². The lowest BCUT2D eigenvalue weighted by atomic mass is 9.72. The SMILES string of the molecule is COc1cc(C(=O)N[C@@H]2CCC[C@@H]3CN(C)CC[C@@H]32)cc(OC)c1OC. The molecule has 1 saturated carbocycles. The Bertz CT molecular complexity index is 624. The Labute approximate surface area is 155 Å². The van der Waals surface area contributed by atoms with Gasteiger partial charge < -0.3 is 24.4 Å². The van der Waals surface area contributed by atoms with Crippen LogP contribution in [0.5, 0.6) is 17.2 Å². The first kappa shape index (κ1) is 18.8. The maximum atomic E-state index is 12.9. The summed E-state index contributed by atoms with van der Waals surface area (Å²) < 4.78 is 16.1. The normalized spacial score (nSPS) is 25.9. The third-order valence-corrected chi connectivity index (χ3v) is 5.85. The molecule has 26 heavy (non-hydrogen) atoms. The van der Waals surface area contributed by atoms with E-state index in [0.717, 1.165) is 25.9 Å². The zero-order chi connectivity index (χ0) is 18.7. The molecule has 144 valence electrons. The second-order valence-electron chi connectivity index (χ2n) is 7.40. The van der Waals surface area contributed by atoms with E-state index in [1.807, 2.05) is 0 Å². The Morgan fingerprint density at radius 1 is 1.08 bits per heavy atom. The standard InChI is InChI=1S/C20H30N2O4/c1-22-9-8-15-13(12-22)6-5-7-16(15)21-20(23)14-10-17(24-2)19(26-4)18(11-14)25-3/h10-11,13,15-16H,5-9,12H2,1-4H3,(H,21,23)/t13-,15+,16-/m1/s1. The quantitative estimate of drug-likeness (QED) is 0.872. The maximum absolute atomic E-state index is 12.9. The molecule has 1 aromatic rings. The highest BCUT2D eigenvalue weighted by atomic mass is 16.5. The highest BCUT2D eigenvalue weighted by Gasteiger charge is 2.37. The van der Waals surface area contributed by atoms with Crippen molar-refractivity contribution in [1.82, 2.24) is 10.2 Å². The fraction of sp³-hybridized carbons (Fsp3) is 0.650. The first-order valence-corrected chi connectivity index (χ1v) is 9.36. The first-order chi connectivity index (χ1) is 12.6. The minimum Gasteiger partial charge on any atom is -0.493 e. The minimum absolute atomic E-state index is 0.0752. The van der Waals surface area contributed by atoms with Crippen LogP contribution in [0, 0.1) is 11.8 Å². The summed E-state index contributed by atoms with van der Waals surface area (Å²) in [6, 6.07) is 3.67. The number of piperidine rings is 1. The fourth-order valence-corrected chi connectivity index (χ4v) is 4.52. The summed E-state index contributed by atoms with van der Waals surface area (Å²) in [5.74, 6) is 2.68. The number of rotatable bonds is 5. The van der Waals surface area contributed by atoms with E-state index in [-0.39, 0.29) is 11.9 Å². The van der Waals surface area contributed by atoms with E-state index in [2.05, 4.69) is 17.3 Å². The molecule has 3 atom stereocenters. The second kappa shape index (κ2) is 8.16. The van der Waals surface area contributed by atoms with Gasteiger partial charge in [0.1, 0.15) is 0 Å². The summed E-state index contributed by atoms with van der Waals surface area (Å²) in [6.45, 7) is 2.25. The van der Waals surface area contributed by atoms with Crippen molar-refractivity contribution in [2.45, 2.75) is 31.7 Å². The van der Waals surface area contributed by atoms with Crippen molar-refractivity contribution in [3.8, 4) is 17.2 Å². The molecule has 6 heteroatoms. The van der Waals surface area contributed by atoms with E-state index in [1.165, 1.54) is 12.8 Å². The molecule has 6 nitrogen and oxygen atoms in total. The monoisotopic (exact) mass is 362 g/mol. The van der Waals surface area contributed by atoms with Crippen LogP contribution in [0.1, 0.15) is 36.0 Å². The van der Waals surface area contributed by atoms with E-state index in [4.69, 9.17) is 14.2 Å². The predicted molar refractivity (Wildman–Crippen MR) is 100 cm³/mol. The largest absolute Gasteiger partial charge is 0.493 e. The molecule has 0 spiro atoms. The highest BCUT2D eigenvalue weighted by Crippen LogP contribution is 2.39. The molecule has 2 fully saturated rings. The molecule has 0 aromatic heterocycles. The number of nitrogens with zero attached hydrogens (tertiary/aromatic N) is 1. The number of nitrogens with one attached hydrogen (secondary N) is 1. The summed E-state index contributed by atoms with van der Waals surface area (Å²) in [6.07, 6.45) is 4.66. The number of ether oxygens (including phenoxy) is 3. The number of methoxy groups -OCH3 is 3. The summed E-state index contributed by atoms with van der Waals surface area (Å²) in [4.78, 5) is 15.3. The molecule has 0 radical (unpaired) electrons. The summed E-state index contributed by atoms with van der Waals surface area (Å²) in [5.41, 5.74) is 0.537. The van der Waals surface area contributed by atoms with Gasteiger partial charge in [-0.25, -0.2) is 0 Å². The lowest BCUT2D eigenvalue weighted by Crippen LogP contribution is -2.51. The van der Waals surface area contributed by atoms with Crippen molar-refractivity contribution in [2.24, 2.45) is 11.8 Å². The third-order valence-electron chi connectivity index (χ3n) is 5.85. The number of amides is 1. The van der Waals surface area contributed by atoms with Crippen LogP contribution < -0.4 is 19.5 Å². The molecular weight excluding hydrogens is 332 g/mol. The Balaban J connectivity index is 1.77. The number of carbonyl (C=O) groups excluding carboxylic acids is 1. The molecule has 1 aliphatic carbocycles. The molecule has 1 aliphatic heterocycles. The van der Waals surface area contributed by atoms with Crippen LogP contribution in [-0.4, -0.2) is 58.3 Å². The molecule has 0 unspecified atom stereocenters. The number of carbonyl (C=O) groups is 1. The van der Waals surface area contributed by atoms with E-state index in [0.29, 0.717) is 34.6 Å². The van der Waals surface area contributed by atoms with Crippen molar-refractivity contribution in [2.75, 3.05) is 41.5 Å². The predicted octanol–water partition coefficient (Wildman–Crippen LogP) is 2.56. The van der Waals surface area contributed by atoms with Gasteiger partial charge in [-0.15, -0.1) is 0 Å². The number of likely N-dealkylation sites (tertiary alicyclic amines) is 1. The topological polar surface area (TPSA) is 60.0 Å². The zero-order valence-electron chi connectivity index (χ0n) is 16.2. The van der Waals surface area contributed by atoms with Crippen LogP contribution in [0.4, 0.5) is 0 Å². The molecule has 3 rings (SSSR count). The molecule has 1 amide bonds. The van der Waals surface area contributed by atoms with Crippen LogP contribution >= 0.6 is 0 Å². The second-order valence-corrected chi connectivity index (χ2v) is 7.40. The smallest absolute Gasteiger partial charge is 0.251 e. The number of fused-ring (bicyclic) bond motifs is 1. The third kappa shape index (κ3) is 3.75. The minimum atomic E-state index is -0.0752. The van der Waals surface area contributed by atoms with Gasteiger partial charge in [0, 0.05) is 18.2 Å². The average molecular weight is 362 g/mol. The van der Waals surface area contributed by atoms with Crippen molar-refractivity contribution in [3.05, 3.63) is 17.7 Å². The molecule has 1 aromatic carbocycles. The Hall–Kier alpha value is -1.95. The van der Waals surface area contributed by atoms with Gasteiger partial charge in [-0.1, -0.05) is 6.42 Å². The van der Waals surface area contributed by atoms with E-state index in [1.54, 1.807) is 33.5 Å². The van der Waals surface area contributed by atoms with Crippen molar-refractivity contribution >= 4 is 5.91 Å². The molecular formula is C20H30N2O4. The molecule has 1 N–H and O–H groups in total. The lowest BCUT2D eigenvalue weighted by Gasteiger charge is -2.44. The first-order valence-electron chi connectivity index (χ1n) is 9.36. The van der Waals surface area contributed by atoms with Crippen molar-refractivity contribution < 1.29 is 19.0 Å². The van der Waals surface area contributed by atoms with Gasteiger partial charge in [0.2, 0.25) is 5.75 Å². The van der Waals surface area contributed by atoms with Crippen LogP contribution in [-0.2, 0) is 0 Å². The van der Waals surface area contributed by atoms with Crippen molar-refractivity contribution in [3.63, 3.8) is 0 Å². The van der Waals surface area contributed by atoms with Crippen LogP contribution in [0.15, 0.2) is 12.1 Å². The van der Waals surface area contributed by atoms with Crippen molar-refractivity contribution in [1.29, 1.82) is 0 Å². The van der Waals surface area contributed by atoms with E-state index >= 15 is 0 Å². The Kier molecular flexibility index (Phi) is 5.91. The molecule has 0 bridgehead atoms. The van der Waals surface area contributed by atoms with Gasteiger partial charge >= 0.3 is 0 Å². The van der Waals surface area contributed by atoms with Gasteiger partial charge in [-0.2, -0.15) is 0 Å². The van der Waals surface area contributed by atoms with Gasteiger partial charge in [-0.05, 0) is 56.8 Å². The molecule has 1 saturated heterocycles. The van der Waals surface area contributed by atoms with Crippen LogP contribution in [0.25, 0.3) is 0 Å². The number of hydrogen-bond donors (Lipinski definition) is 1. The summed E-state index contributed by atoms with van der Waals surface area (Å²) in [5, 5.41) is 3.28. The van der Waals surface area contributed by atoms with Gasteiger partial charge in [0.25, 0.3) is 5.91 Å². The zero-order valence-corrected chi connectivity index (χ0v) is 16.2. The number of hydrogen-bond acceptors (Lipinski definition) is 5. The Morgan fingerprint density at radius 3 is 2.38 bits per heavy atom. The summed E-state index contributed by atoms with van der Waals surface area (Å²) >= 11 is 0. The van der Waals surface area contributed by atoms with Gasteiger partial charge in [0.15, 0.2) is 11.5 Å². The molecule has 1 heterocycles. The number of benzene rings is 1. The fourth-order valence-electron chi connectivity index (χ4n) is 4.52. The van der Waals surface area contributed by atoms with Crippen LogP contribution in [0.3, 0.4) is 0 Å². The van der Waals surface area contributed by atoms with E-state index < -0.39 is 0 Å². The highest BCUT2D eigenvalue weighted by molar-refractivity contribution is 5.95. The van der Waals surface area contributed by atoms with Crippen LogP contribution in [0.2, 0.25) is 0 Å². The lowest BCUT2D eigenvalue weighted by molar-refractivity contribution is 0.0661. The maximum Gasteiger partial charge on any atom is 0.251 e.